The molecule has 3 fully saturated rings. The Morgan fingerprint density at radius 1 is 1.19 bits per heavy atom. The summed E-state index contributed by atoms with van der Waals surface area (Å²) in [5.74, 6) is 2.67. The molecule has 3 aliphatic carbocycles. The molecular formula is C15H24O. The Labute approximate surface area is 98.9 Å². The Balaban J connectivity index is 1.98. The van der Waals surface area contributed by atoms with Crippen LogP contribution in [0.25, 0.3) is 0 Å². The van der Waals surface area contributed by atoms with Crippen LogP contribution in [0.1, 0.15) is 46.5 Å². The third kappa shape index (κ3) is 1.21. The summed E-state index contributed by atoms with van der Waals surface area (Å²) in [7, 11) is 0. The van der Waals surface area contributed by atoms with Crippen LogP contribution in [0.3, 0.4) is 0 Å². The van der Waals surface area contributed by atoms with E-state index in [9.17, 15) is 5.11 Å². The number of hydrogen-bond acceptors (Lipinski definition) is 1. The predicted octanol–water partition coefficient (Wildman–Crippen LogP) is 3.39. The average molecular weight is 220 g/mol. The molecule has 0 aromatic carbocycles. The molecule has 0 aliphatic heterocycles. The maximum atomic E-state index is 10.6. The maximum absolute atomic E-state index is 10.6. The van der Waals surface area contributed by atoms with E-state index < -0.39 is 5.60 Å². The minimum Gasteiger partial charge on any atom is -0.390 e. The lowest BCUT2D eigenvalue weighted by atomic mass is 9.78. The Kier molecular flexibility index (Phi) is 1.98. The molecule has 0 bridgehead atoms. The molecule has 3 saturated carbocycles. The second-order valence-corrected chi connectivity index (χ2v) is 7.18. The van der Waals surface area contributed by atoms with E-state index >= 15 is 0 Å². The highest BCUT2D eigenvalue weighted by Gasteiger charge is 2.67. The highest BCUT2D eigenvalue weighted by atomic mass is 16.3. The number of aliphatic hydroxyl groups is 1. The van der Waals surface area contributed by atoms with Crippen molar-refractivity contribution in [3.63, 3.8) is 0 Å². The number of rotatable bonds is 0. The van der Waals surface area contributed by atoms with E-state index in [1.54, 1.807) is 0 Å². The van der Waals surface area contributed by atoms with Gasteiger partial charge in [-0.05, 0) is 61.7 Å². The molecule has 1 nitrogen and oxygen atoms in total. The molecule has 2 unspecified atom stereocenters. The predicted molar refractivity (Wildman–Crippen MR) is 66.0 cm³/mol. The van der Waals surface area contributed by atoms with Crippen LogP contribution in [0.4, 0.5) is 0 Å². The molecule has 0 aromatic rings. The van der Waals surface area contributed by atoms with Crippen molar-refractivity contribution in [3.05, 3.63) is 12.2 Å². The summed E-state index contributed by atoms with van der Waals surface area (Å²) in [5, 5.41) is 10.6. The third-order valence-corrected chi connectivity index (χ3v) is 5.94. The molecule has 3 aliphatic rings. The Morgan fingerprint density at radius 3 is 2.56 bits per heavy atom. The van der Waals surface area contributed by atoms with Gasteiger partial charge in [0.2, 0.25) is 0 Å². The summed E-state index contributed by atoms with van der Waals surface area (Å²) in [4.78, 5) is 0. The first kappa shape index (κ1) is 10.8. The lowest BCUT2D eigenvalue weighted by molar-refractivity contribution is -0.00137. The van der Waals surface area contributed by atoms with Crippen molar-refractivity contribution in [2.75, 3.05) is 0 Å². The lowest BCUT2D eigenvalue weighted by Gasteiger charge is -2.31. The van der Waals surface area contributed by atoms with Crippen LogP contribution in [-0.2, 0) is 0 Å². The summed E-state index contributed by atoms with van der Waals surface area (Å²) in [6.45, 7) is 11.1. The molecule has 1 heteroatoms. The van der Waals surface area contributed by atoms with Gasteiger partial charge in [0, 0.05) is 0 Å². The molecule has 16 heavy (non-hydrogen) atoms. The molecule has 0 spiro atoms. The van der Waals surface area contributed by atoms with Gasteiger partial charge in [0.25, 0.3) is 0 Å². The van der Waals surface area contributed by atoms with Crippen LogP contribution in [0, 0.1) is 29.1 Å². The van der Waals surface area contributed by atoms with Crippen molar-refractivity contribution in [2.45, 2.75) is 52.1 Å². The normalized spacial score (nSPS) is 54.1. The van der Waals surface area contributed by atoms with Crippen molar-refractivity contribution in [3.8, 4) is 0 Å². The first-order chi connectivity index (χ1) is 7.36. The van der Waals surface area contributed by atoms with Crippen molar-refractivity contribution in [1.82, 2.24) is 0 Å². The fourth-order valence-corrected chi connectivity index (χ4v) is 4.90. The van der Waals surface area contributed by atoms with E-state index in [-0.39, 0.29) is 0 Å². The van der Waals surface area contributed by atoms with Crippen LogP contribution in [-0.4, -0.2) is 10.7 Å². The number of allylic oxidation sites excluding steroid dienone is 1. The maximum Gasteiger partial charge on any atom is 0.0656 e. The standard InChI is InChI=1S/C15H24O/c1-9-5-6-11-13(14(11,2)3)12-10(9)7-8-15(12,4)16/h10-13,16H,1,5-8H2,2-4H3/t10?,11-,12?,13-,15+/m1/s1. The minimum atomic E-state index is -0.436. The zero-order chi connectivity index (χ0) is 11.7. The summed E-state index contributed by atoms with van der Waals surface area (Å²) in [6, 6.07) is 0. The van der Waals surface area contributed by atoms with Crippen LogP contribution in [0.2, 0.25) is 0 Å². The largest absolute Gasteiger partial charge is 0.390 e. The molecule has 5 atom stereocenters. The summed E-state index contributed by atoms with van der Waals surface area (Å²) < 4.78 is 0. The van der Waals surface area contributed by atoms with E-state index in [0.717, 1.165) is 24.7 Å². The van der Waals surface area contributed by atoms with E-state index in [1.165, 1.54) is 18.4 Å². The highest BCUT2D eigenvalue weighted by molar-refractivity contribution is 5.22. The Bertz CT molecular complexity index is 339. The summed E-state index contributed by atoms with van der Waals surface area (Å²) in [6.07, 6.45) is 4.64. The monoisotopic (exact) mass is 220 g/mol. The molecule has 1 N–H and O–H groups in total. The minimum absolute atomic E-state index is 0.436. The van der Waals surface area contributed by atoms with Crippen LogP contribution in [0.15, 0.2) is 12.2 Å². The SMILES string of the molecule is C=C1CC[C@@H]2[C@H](C3C1CC[C@]3(C)O)C2(C)C. The molecule has 0 saturated heterocycles. The summed E-state index contributed by atoms with van der Waals surface area (Å²) in [5.41, 5.74) is 1.46. The topological polar surface area (TPSA) is 20.2 Å². The van der Waals surface area contributed by atoms with Gasteiger partial charge in [-0.15, -0.1) is 0 Å². The van der Waals surface area contributed by atoms with Gasteiger partial charge >= 0.3 is 0 Å². The second kappa shape index (κ2) is 2.93. The summed E-state index contributed by atoms with van der Waals surface area (Å²) >= 11 is 0. The van der Waals surface area contributed by atoms with E-state index in [0.29, 0.717) is 17.3 Å². The molecule has 0 heterocycles. The zero-order valence-corrected chi connectivity index (χ0v) is 10.8. The van der Waals surface area contributed by atoms with Crippen LogP contribution < -0.4 is 0 Å². The van der Waals surface area contributed by atoms with Gasteiger partial charge in [-0.3, -0.25) is 0 Å². The van der Waals surface area contributed by atoms with Crippen molar-refractivity contribution in [1.29, 1.82) is 0 Å². The van der Waals surface area contributed by atoms with Crippen molar-refractivity contribution in [2.24, 2.45) is 29.1 Å². The zero-order valence-electron chi connectivity index (χ0n) is 10.8. The van der Waals surface area contributed by atoms with E-state index in [1.807, 2.05) is 0 Å². The van der Waals surface area contributed by atoms with Gasteiger partial charge in [-0.25, -0.2) is 0 Å². The lowest BCUT2D eigenvalue weighted by Crippen LogP contribution is -2.34. The first-order valence-corrected chi connectivity index (χ1v) is 6.76. The molecule has 0 radical (unpaired) electrons. The van der Waals surface area contributed by atoms with Crippen LogP contribution in [0.5, 0.6) is 0 Å². The molecule has 0 amide bonds. The van der Waals surface area contributed by atoms with Gasteiger partial charge in [-0.2, -0.15) is 0 Å². The Hall–Kier alpha value is -0.300. The van der Waals surface area contributed by atoms with E-state index in [4.69, 9.17) is 0 Å². The van der Waals surface area contributed by atoms with E-state index in [2.05, 4.69) is 27.4 Å². The van der Waals surface area contributed by atoms with Gasteiger partial charge < -0.3 is 5.11 Å². The number of hydrogen-bond donors (Lipinski definition) is 1. The highest BCUT2D eigenvalue weighted by Crippen LogP contribution is 2.71. The van der Waals surface area contributed by atoms with Gasteiger partial charge in [0.05, 0.1) is 5.60 Å². The van der Waals surface area contributed by atoms with Gasteiger partial charge in [0.1, 0.15) is 0 Å². The van der Waals surface area contributed by atoms with Gasteiger partial charge in [-0.1, -0.05) is 26.0 Å². The fourth-order valence-electron chi connectivity index (χ4n) is 4.90. The molecule has 90 valence electrons. The van der Waals surface area contributed by atoms with Gasteiger partial charge in [0.15, 0.2) is 0 Å². The quantitative estimate of drug-likeness (QED) is 0.620. The smallest absolute Gasteiger partial charge is 0.0656 e. The van der Waals surface area contributed by atoms with Crippen molar-refractivity contribution < 1.29 is 5.11 Å². The van der Waals surface area contributed by atoms with Crippen molar-refractivity contribution >= 4 is 0 Å². The Morgan fingerprint density at radius 2 is 1.88 bits per heavy atom. The average Bonchev–Trinajstić information content (AvgIpc) is 2.61. The number of fused-ring (bicyclic) bond motifs is 3. The fraction of sp³-hybridized carbons (Fsp3) is 0.867. The molecule has 0 aromatic heterocycles. The second-order valence-electron chi connectivity index (χ2n) is 7.18. The first-order valence-electron chi connectivity index (χ1n) is 6.76. The van der Waals surface area contributed by atoms with Crippen LogP contribution >= 0.6 is 0 Å². The third-order valence-electron chi connectivity index (χ3n) is 5.94. The molecule has 3 rings (SSSR count). The molecular weight excluding hydrogens is 196 g/mol.